The van der Waals surface area contributed by atoms with Crippen LogP contribution in [-0.2, 0) is 20.1 Å². The number of amides is 1. The normalized spacial score (nSPS) is 12.0. The summed E-state index contributed by atoms with van der Waals surface area (Å²) in [5.41, 5.74) is 1.14. The Morgan fingerprint density at radius 3 is 2.36 bits per heavy atom. The van der Waals surface area contributed by atoms with E-state index >= 15 is 0 Å². The van der Waals surface area contributed by atoms with Gasteiger partial charge in [-0.15, -0.1) is 0 Å². The van der Waals surface area contributed by atoms with Crippen LogP contribution in [0, 0.1) is 0 Å². The number of nitrogens with one attached hydrogen (secondary N) is 1. The molecule has 2 N–H and O–H groups in total. The molecule has 0 atom stereocenters. The van der Waals surface area contributed by atoms with Crippen molar-refractivity contribution >= 4 is 22.8 Å². The quantitative estimate of drug-likeness (QED) is 0.426. The van der Waals surface area contributed by atoms with Gasteiger partial charge in [0.2, 0.25) is 6.79 Å². The molecule has 10 nitrogen and oxygen atoms in total. The van der Waals surface area contributed by atoms with Crippen LogP contribution in [-0.4, -0.2) is 32.9 Å². The van der Waals surface area contributed by atoms with Crippen LogP contribution in [0.3, 0.4) is 0 Å². The summed E-state index contributed by atoms with van der Waals surface area (Å²) in [5.74, 6) is -0.172. The summed E-state index contributed by atoms with van der Waals surface area (Å²) < 4.78 is 13.1. The zero-order valence-corrected chi connectivity index (χ0v) is 19.2. The highest BCUT2D eigenvalue weighted by atomic mass is 16.7. The van der Waals surface area contributed by atoms with Crippen molar-refractivity contribution < 1.29 is 24.2 Å². The minimum absolute atomic E-state index is 0.0398. The Kier molecular flexibility index (Phi) is 5.77. The second kappa shape index (κ2) is 9.06. The summed E-state index contributed by atoms with van der Waals surface area (Å²) in [6.07, 6.45) is 0. The van der Waals surface area contributed by atoms with Gasteiger partial charge in [0, 0.05) is 19.2 Å². The standard InChI is InChI=1S/C26H21N3O7/c1-28-20-8-7-18(23(30)27-12-16-4-9-21-22(10-16)36-14-35-21)11-19(20)24(31)29(26(28)34)13-15-2-5-17(6-3-15)25(32)33/h2-11H,12-14H2,1H3,(H,27,30)(H,32,33). The van der Waals surface area contributed by atoms with Gasteiger partial charge < -0.3 is 19.9 Å². The Labute approximate surface area is 203 Å². The van der Waals surface area contributed by atoms with E-state index in [-0.39, 0.29) is 42.3 Å². The Balaban J connectivity index is 1.42. The van der Waals surface area contributed by atoms with E-state index in [0.717, 1.165) is 10.1 Å². The third kappa shape index (κ3) is 4.20. The first-order valence-corrected chi connectivity index (χ1v) is 11.0. The van der Waals surface area contributed by atoms with Crippen LogP contribution in [0.25, 0.3) is 10.9 Å². The number of aryl methyl sites for hydroxylation is 1. The van der Waals surface area contributed by atoms with Crippen molar-refractivity contribution in [3.63, 3.8) is 0 Å². The van der Waals surface area contributed by atoms with Gasteiger partial charge in [0.1, 0.15) is 0 Å². The number of carboxylic acid groups (broad SMARTS) is 1. The Hall–Kier alpha value is -4.86. The maximum atomic E-state index is 13.2. The van der Waals surface area contributed by atoms with Gasteiger partial charge in [-0.25, -0.2) is 9.59 Å². The lowest BCUT2D eigenvalue weighted by molar-refractivity contribution is 0.0696. The fourth-order valence-electron chi connectivity index (χ4n) is 4.07. The number of carbonyl (C=O) groups is 2. The summed E-state index contributed by atoms with van der Waals surface area (Å²) in [5, 5.41) is 12.1. The predicted octanol–water partition coefficient (Wildman–Crippen LogP) is 2.11. The molecule has 0 spiro atoms. The lowest BCUT2D eigenvalue weighted by atomic mass is 10.1. The number of carbonyl (C=O) groups excluding carboxylic acids is 1. The fourth-order valence-corrected chi connectivity index (χ4v) is 4.07. The number of aromatic nitrogens is 2. The average molecular weight is 487 g/mol. The molecule has 5 rings (SSSR count). The van der Waals surface area contributed by atoms with Crippen molar-refractivity contribution in [2.24, 2.45) is 7.05 Å². The number of fused-ring (bicyclic) bond motifs is 2. The van der Waals surface area contributed by atoms with Gasteiger partial charge in [0.25, 0.3) is 11.5 Å². The van der Waals surface area contributed by atoms with E-state index in [2.05, 4.69) is 5.32 Å². The van der Waals surface area contributed by atoms with Gasteiger partial charge in [-0.3, -0.25) is 18.7 Å². The van der Waals surface area contributed by atoms with E-state index < -0.39 is 17.2 Å². The highest BCUT2D eigenvalue weighted by Crippen LogP contribution is 2.32. The van der Waals surface area contributed by atoms with Crippen molar-refractivity contribution in [1.82, 2.24) is 14.5 Å². The summed E-state index contributed by atoms with van der Waals surface area (Å²) in [6.45, 7) is 0.370. The Morgan fingerprint density at radius 1 is 0.917 bits per heavy atom. The molecule has 0 bridgehead atoms. The molecule has 2 heterocycles. The lowest BCUT2D eigenvalue weighted by Gasteiger charge is -2.12. The Morgan fingerprint density at radius 2 is 1.61 bits per heavy atom. The topological polar surface area (TPSA) is 129 Å². The monoisotopic (exact) mass is 487 g/mol. The number of benzene rings is 3. The number of ether oxygens (including phenoxy) is 2. The maximum Gasteiger partial charge on any atom is 0.335 e. The van der Waals surface area contributed by atoms with Crippen molar-refractivity contribution in [1.29, 1.82) is 0 Å². The minimum Gasteiger partial charge on any atom is -0.478 e. The van der Waals surface area contributed by atoms with Crippen molar-refractivity contribution in [2.75, 3.05) is 6.79 Å². The summed E-state index contributed by atoms with van der Waals surface area (Å²) in [7, 11) is 1.55. The van der Waals surface area contributed by atoms with Gasteiger partial charge in [0.05, 0.1) is 23.0 Å². The van der Waals surface area contributed by atoms with Crippen LogP contribution in [0.5, 0.6) is 11.5 Å². The number of carboxylic acids is 1. The van der Waals surface area contributed by atoms with Gasteiger partial charge in [-0.2, -0.15) is 0 Å². The van der Waals surface area contributed by atoms with Gasteiger partial charge in [-0.05, 0) is 53.6 Å². The summed E-state index contributed by atoms with van der Waals surface area (Å²) in [6, 6.07) is 15.9. The third-order valence-electron chi connectivity index (χ3n) is 6.05. The molecular formula is C26H21N3O7. The number of hydrogen-bond donors (Lipinski definition) is 2. The molecule has 182 valence electrons. The number of nitrogens with zero attached hydrogens (tertiary/aromatic N) is 2. The van der Waals surface area contributed by atoms with Gasteiger partial charge >= 0.3 is 11.7 Å². The van der Waals surface area contributed by atoms with Gasteiger partial charge in [-0.1, -0.05) is 18.2 Å². The number of hydrogen-bond acceptors (Lipinski definition) is 6. The molecule has 3 aromatic carbocycles. The van der Waals surface area contributed by atoms with Crippen LogP contribution in [0.1, 0.15) is 31.8 Å². The molecule has 1 amide bonds. The van der Waals surface area contributed by atoms with Gasteiger partial charge in [0.15, 0.2) is 11.5 Å². The van der Waals surface area contributed by atoms with Crippen molar-refractivity contribution in [3.05, 3.63) is 104 Å². The molecule has 10 heteroatoms. The molecule has 0 aliphatic carbocycles. The largest absolute Gasteiger partial charge is 0.478 e. The smallest absolute Gasteiger partial charge is 0.335 e. The zero-order valence-electron chi connectivity index (χ0n) is 19.2. The van der Waals surface area contributed by atoms with E-state index in [0.29, 0.717) is 22.6 Å². The molecule has 0 fully saturated rings. The minimum atomic E-state index is -1.07. The zero-order chi connectivity index (χ0) is 25.4. The molecule has 1 aliphatic heterocycles. The average Bonchev–Trinajstić information content (AvgIpc) is 3.36. The molecule has 0 saturated carbocycles. The molecule has 0 saturated heterocycles. The van der Waals surface area contributed by atoms with E-state index in [9.17, 15) is 19.2 Å². The Bertz CT molecular complexity index is 1630. The van der Waals surface area contributed by atoms with E-state index in [1.165, 1.54) is 22.8 Å². The second-order valence-corrected chi connectivity index (χ2v) is 8.34. The lowest BCUT2D eigenvalue weighted by Crippen LogP contribution is -2.39. The second-order valence-electron chi connectivity index (χ2n) is 8.34. The first-order chi connectivity index (χ1) is 17.3. The molecule has 4 aromatic rings. The maximum absolute atomic E-state index is 13.2. The molecule has 36 heavy (non-hydrogen) atoms. The van der Waals surface area contributed by atoms with E-state index in [1.54, 1.807) is 43.4 Å². The SMILES string of the molecule is Cn1c(=O)n(Cc2ccc(C(=O)O)cc2)c(=O)c2cc(C(=O)NCc3ccc4c(c3)OCO4)ccc21. The first-order valence-electron chi connectivity index (χ1n) is 11.0. The van der Waals surface area contributed by atoms with Crippen LogP contribution >= 0.6 is 0 Å². The highest BCUT2D eigenvalue weighted by molar-refractivity contribution is 5.97. The molecule has 1 aromatic heterocycles. The summed E-state index contributed by atoms with van der Waals surface area (Å²) >= 11 is 0. The van der Waals surface area contributed by atoms with Crippen molar-refractivity contribution in [2.45, 2.75) is 13.1 Å². The molecule has 1 aliphatic rings. The third-order valence-corrected chi connectivity index (χ3v) is 6.05. The number of aromatic carboxylic acids is 1. The van der Waals surface area contributed by atoms with Crippen LogP contribution in [0.15, 0.2) is 70.3 Å². The van der Waals surface area contributed by atoms with E-state index in [4.69, 9.17) is 14.6 Å². The van der Waals surface area contributed by atoms with Crippen molar-refractivity contribution in [3.8, 4) is 11.5 Å². The first kappa shape index (κ1) is 22.9. The van der Waals surface area contributed by atoms with Crippen LogP contribution < -0.4 is 26.0 Å². The number of rotatable bonds is 6. The van der Waals surface area contributed by atoms with E-state index in [1.807, 2.05) is 6.07 Å². The molecule has 0 unspecified atom stereocenters. The summed E-state index contributed by atoms with van der Waals surface area (Å²) in [4.78, 5) is 50.0. The fraction of sp³-hybridized carbons (Fsp3) is 0.154. The molecule has 0 radical (unpaired) electrons. The highest BCUT2D eigenvalue weighted by Gasteiger charge is 2.16. The van der Waals surface area contributed by atoms with Crippen LogP contribution in [0.2, 0.25) is 0 Å². The van der Waals surface area contributed by atoms with Crippen LogP contribution in [0.4, 0.5) is 0 Å². The molecular weight excluding hydrogens is 466 g/mol. The predicted molar refractivity (Wildman–Crippen MR) is 130 cm³/mol.